The lowest BCUT2D eigenvalue weighted by Gasteiger charge is -2.03. The van der Waals surface area contributed by atoms with Crippen LogP contribution in [0.2, 0.25) is 5.02 Å². The molecule has 0 radical (unpaired) electrons. The standard InChI is InChI=1S/C14H8ClNO/c15-12-6-10-7-14(17)16-13(10)8-11(12)9-4-2-1-3-5-9/h1-8H. The lowest BCUT2D eigenvalue weighted by Crippen LogP contribution is -2.21. The van der Waals surface area contributed by atoms with Crippen molar-refractivity contribution in [1.29, 1.82) is 0 Å². The van der Waals surface area contributed by atoms with E-state index in [1.807, 2.05) is 36.4 Å². The Morgan fingerprint density at radius 2 is 1.82 bits per heavy atom. The van der Waals surface area contributed by atoms with Crippen LogP contribution < -0.4 is 10.6 Å². The van der Waals surface area contributed by atoms with E-state index in [9.17, 15) is 4.79 Å². The molecule has 3 rings (SSSR count). The van der Waals surface area contributed by atoms with Crippen molar-refractivity contribution in [2.75, 3.05) is 0 Å². The maximum absolute atomic E-state index is 11.2. The number of carbonyl (C=O) groups is 1. The smallest absolute Gasteiger partial charge is 0.267 e. The minimum atomic E-state index is -0.221. The van der Waals surface area contributed by atoms with Crippen LogP contribution in [0.25, 0.3) is 17.2 Å². The normalized spacial score (nSPS) is 12.9. The van der Waals surface area contributed by atoms with E-state index in [0.29, 0.717) is 10.4 Å². The first kappa shape index (κ1) is 10.2. The second-order valence-corrected chi connectivity index (χ2v) is 4.26. The van der Waals surface area contributed by atoms with Gasteiger partial charge in [-0.3, -0.25) is 4.79 Å². The van der Waals surface area contributed by atoms with E-state index >= 15 is 0 Å². The molecule has 1 amide bonds. The van der Waals surface area contributed by atoms with Gasteiger partial charge in [0.2, 0.25) is 0 Å². The number of benzene rings is 2. The van der Waals surface area contributed by atoms with Crippen molar-refractivity contribution in [3.8, 4) is 11.1 Å². The topological polar surface area (TPSA) is 29.4 Å². The highest BCUT2D eigenvalue weighted by Crippen LogP contribution is 2.24. The van der Waals surface area contributed by atoms with Gasteiger partial charge in [0.05, 0.1) is 5.36 Å². The summed E-state index contributed by atoms with van der Waals surface area (Å²) in [7, 11) is 0. The van der Waals surface area contributed by atoms with Gasteiger partial charge in [0.15, 0.2) is 0 Å². The predicted molar refractivity (Wildman–Crippen MR) is 67.1 cm³/mol. The maximum atomic E-state index is 11.2. The maximum Gasteiger partial charge on any atom is 0.270 e. The summed E-state index contributed by atoms with van der Waals surface area (Å²) in [6, 6.07) is 13.5. The second-order valence-electron chi connectivity index (χ2n) is 3.85. The first-order valence-electron chi connectivity index (χ1n) is 5.23. The van der Waals surface area contributed by atoms with Crippen molar-refractivity contribution in [3.63, 3.8) is 0 Å². The largest absolute Gasteiger partial charge is 0.270 e. The number of hydrogen-bond donors (Lipinski definition) is 0. The van der Waals surface area contributed by atoms with Gasteiger partial charge in [-0.15, -0.1) is 0 Å². The number of carbonyl (C=O) groups excluding carboxylic acids is 1. The highest BCUT2D eigenvalue weighted by Gasteiger charge is 2.08. The quantitative estimate of drug-likeness (QED) is 0.750. The number of nitrogens with zero attached hydrogens (tertiary/aromatic N) is 1. The van der Waals surface area contributed by atoms with E-state index in [-0.39, 0.29) is 5.91 Å². The Bertz CT molecular complexity index is 720. The molecule has 0 atom stereocenters. The van der Waals surface area contributed by atoms with E-state index in [4.69, 9.17) is 11.6 Å². The molecule has 0 aliphatic carbocycles. The predicted octanol–water partition coefficient (Wildman–Crippen LogP) is 1.95. The van der Waals surface area contributed by atoms with Crippen molar-refractivity contribution in [1.82, 2.24) is 0 Å². The molecule has 2 aromatic carbocycles. The molecule has 0 N–H and O–H groups in total. The van der Waals surface area contributed by atoms with Crippen LogP contribution in [0.3, 0.4) is 0 Å². The number of fused-ring (bicyclic) bond motifs is 1. The van der Waals surface area contributed by atoms with Gasteiger partial charge < -0.3 is 0 Å². The van der Waals surface area contributed by atoms with Gasteiger partial charge in [0, 0.05) is 21.9 Å². The highest BCUT2D eigenvalue weighted by atomic mass is 35.5. The Labute approximate surface area is 103 Å². The third kappa shape index (κ3) is 1.77. The number of hydrogen-bond acceptors (Lipinski definition) is 1. The summed E-state index contributed by atoms with van der Waals surface area (Å²) in [5.74, 6) is -0.221. The van der Waals surface area contributed by atoms with Gasteiger partial charge in [-0.05, 0) is 17.7 Å². The fraction of sp³-hybridized carbons (Fsp3) is 0. The van der Waals surface area contributed by atoms with Crippen LogP contribution in [0, 0.1) is 0 Å². The third-order valence-electron chi connectivity index (χ3n) is 2.71. The molecule has 0 fully saturated rings. The van der Waals surface area contributed by atoms with Crippen LogP contribution in [0.1, 0.15) is 0 Å². The summed E-state index contributed by atoms with van der Waals surface area (Å²) in [5.41, 5.74) is 1.92. The highest BCUT2D eigenvalue weighted by molar-refractivity contribution is 6.33. The summed E-state index contributed by atoms with van der Waals surface area (Å²) < 4.78 is 0. The van der Waals surface area contributed by atoms with Crippen LogP contribution in [0.4, 0.5) is 0 Å². The molecule has 0 unspecified atom stereocenters. The van der Waals surface area contributed by atoms with Gasteiger partial charge in [-0.25, -0.2) is 4.99 Å². The van der Waals surface area contributed by atoms with Gasteiger partial charge >= 0.3 is 0 Å². The Balaban J connectivity index is 2.29. The van der Waals surface area contributed by atoms with E-state index in [2.05, 4.69) is 4.99 Å². The summed E-state index contributed by atoms with van der Waals surface area (Å²) >= 11 is 6.22. The summed E-state index contributed by atoms with van der Waals surface area (Å²) in [4.78, 5) is 15.1. The zero-order valence-corrected chi connectivity index (χ0v) is 9.61. The van der Waals surface area contributed by atoms with Crippen molar-refractivity contribution in [3.05, 3.63) is 58.1 Å². The molecule has 17 heavy (non-hydrogen) atoms. The Morgan fingerprint density at radius 3 is 2.59 bits per heavy atom. The molecule has 2 nitrogen and oxygen atoms in total. The Kier molecular flexibility index (Phi) is 2.30. The number of amides is 1. The van der Waals surface area contributed by atoms with Crippen LogP contribution >= 0.6 is 11.6 Å². The minimum Gasteiger partial charge on any atom is -0.267 e. The zero-order valence-electron chi connectivity index (χ0n) is 8.85. The SMILES string of the molecule is O=C1C=c2cc(Cl)c(-c3ccccc3)cc2=N1. The van der Waals surface area contributed by atoms with E-state index in [1.165, 1.54) is 6.08 Å². The van der Waals surface area contributed by atoms with Gasteiger partial charge in [0.1, 0.15) is 0 Å². The molecule has 1 aliphatic rings. The van der Waals surface area contributed by atoms with E-state index < -0.39 is 0 Å². The second kappa shape index (κ2) is 3.82. The van der Waals surface area contributed by atoms with Crippen molar-refractivity contribution in [2.24, 2.45) is 4.99 Å². The first-order chi connectivity index (χ1) is 8.24. The lowest BCUT2D eigenvalue weighted by atomic mass is 10.1. The summed E-state index contributed by atoms with van der Waals surface area (Å²) in [6.07, 6.45) is 1.50. The molecule has 0 bridgehead atoms. The van der Waals surface area contributed by atoms with Gasteiger partial charge in [-0.2, -0.15) is 0 Å². The van der Waals surface area contributed by atoms with E-state index in [1.54, 1.807) is 6.07 Å². The molecule has 3 heteroatoms. The average Bonchev–Trinajstić information content (AvgIpc) is 2.68. The lowest BCUT2D eigenvalue weighted by molar-refractivity contribution is -0.112. The number of halogens is 1. The molecule has 1 aliphatic heterocycles. The molecule has 0 saturated heterocycles. The Hall–Kier alpha value is -1.93. The van der Waals surface area contributed by atoms with Crippen molar-refractivity contribution in [2.45, 2.75) is 0 Å². The fourth-order valence-electron chi connectivity index (χ4n) is 1.91. The molecule has 0 aromatic heterocycles. The molecule has 0 saturated carbocycles. The van der Waals surface area contributed by atoms with Crippen LogP contribution in [0.5, 0.6) is 0 Å². The molecule has 1 heterocycles. The molecular formula is C14H8ClNO. The first-order valence-corrected chi connectivity index (χ1v) is 5.61. The van der Waals surface area contributed by atoms with E-state index in [0.717, 1.165) is 16.3 Å². The van der Waals surface area contributed by atoms with Crippen molar-refractivity contribution >= 4 is 23.6 Å². The minimum absolute atomic E-state index is 0.221. The fourth-order valence-corrected chi connectivity index (χ4v) is 2.19. The number of rotatable bonds is 1. The Morgan fingerprint density at radius 1 is 1.06 bits per heavy atom. The van der Waals surface area contributed by atoms with Gasteiger partial charge in [0.25, 0.3) is 5.91 Å². The van der Waals surface area contributed by atoms with Crippen LogP contribution in [-0.2, 0) is 4.79 Å². The molecule has 82 valence electrons. The summed E-state index contributed by atoms with van der Waals surface area (Å²) in [6.45, 7) is 0. The average molecular weight is 242 g/mol. The third-order valence-corrected chi connectivity index (χ3v) is 3.02. The van der Waals surface area contributed by atoms with Crippen LogP contribution in [-0.4, -0.2) is 5.91 Å². The molecular weight excluding hydrogens is 234 g/mol. The summed E-state index contributed by atoms with van der Waals surface area (Å²) in [5, 5.41) is 2.12. The molecule has 0 spiro atoms. The van der Waals surface area contributed by atoms with Crippen LogP contribution in [0.15, 0.2) is 47.5 Å². The van der Waals surface area contributed by atoms with Gasteiger partial charge in [-0.1, -0.05) is 41.9 Å². The monoisotopic (exact) mass is 241 g/mol. The molecule has 2 aromatic rings. The zero-order chi connectivity index (χ0) is 11.8. The van der Waals surface area contributed by atoms with Crippen molar-refractivity contribution < 1.29 is 4.79 Å².